The molecule has 1 aromatic heterocycles. The maximum Gasteiger partial charge on any atom is 0.296 e. The van der Waals surface area contributed by atoms with Crippen LogP contribution in [0, 0.1) is 6.92 Å². The van der Waals surface area contributed by atoms with Gasteiger partial charge in [-0.2, -0.15) is 0 Å². The molecule has 4 aromatic carbocycles. The monoisotopic (exact) mass is 661 g/mol. The van der Waals surface area contributed by atoms with Crippen molar-refractivity contribution in [3.63, 3.8) is 0 Å². The van der Waals surface area contributed by atoms with Crippen LogP contribution in [0.1, 0.15) is 33.9 Å². The number of carbonyl (C=O) groups is 2. The van der Waals surface area contributed by atoms with E-state index in [0.717, 1.165) is 16.7 Å². The number of nitrogens with zero attached hydrogens (tertiary/aromatic N) is 3. The van der Waals surface area contributed by atoms with Crippen molar-refractivity contribution >= 4 is 46.0 Å². The van der Waals surface area contributed by atoms with Gasteiger partial charge in [0.1, 0.15) is 6.61 Å². The Morgan fingerprint density at radius 2 is 1.66 bits per heavy atom. The molecule has 0 saturated carbocycles. The Morgan fingerprint density at radius 1 is 0.936 bits per heavy atom. The van der Waals surface area contributed by atoms with E-state index in [1.54, 1.807) is 24.3 Å². The number of ketones is 1. The van der Waals surface area contributed by atoms with E-state index in [-0.39, 0.29) is 10.7 Å². The number of allylic oxidation sites excluding steroid dienone is 1. The number of aromatic nitrogens is 2. The highest BCUT2D eigenvalue weighted by molar-refractivity contribution is 8.00. The average Bonchev–Trinajstić information content (AvgIpc) is 3.68. The van der Waals surface area contributed by atoms with E-state index in [4.69, 9.17) is 9.47 Å². The number of benzene rings is 4. The zero-order valence-corrected chi connectivity index (χ0v) is 27.3. The summed E-state index contributed by atoms with van der Waals surface area (Å²) in [5.41, 5.74) is 4.58. The van der Waals surface area contributed by atoms with Crippen LogP contribution in [0.3, 0.4) is 0 Å². The fourth-order valence-corrected chi connectivity index (χ4v) is 6.92. The van der Waals surface area contributed by atoms with Gasteiger partial charge < -0.3 is 14.6 Å². The summed E-state index contributed by atoms with van der Waals surface area (Å²) < 4.78 is 12.4. The molecule has 0 spiro atoms. The molecule has 6 rings (SSSR count). The molecule has 0 saturated heterocycles. The van der Waals surface area contributed by atoms with Gasteiger partial charge in [-0.1, -0.05) is 126 Å². The Bertz CT molecular complexity index is 1940. The number of ether oxygens (including phenoxy) is 2. The number of amides is 1. The molecule has 0 radical (unpaired) electrons. The standard InChI is InChI=1S/C37H31N3O5S2/c1-24-13-15-27(16-14-24)23-46-37-39-38-36(47-37)40-33(32(34(42)35(40)43)29(41)19-17-25-9-5-3-6-10-25)28-18-20-30(31(21-28)44-2)45-22-26-11-7-4-8-12-26/h3-21,33,42H,22-23H2,1-2H3/b19-17+. The molecule has 0 bridgehead atoms. The molecule has 8 nitrogen and oxygen atoms in total. The number of carbonyl (C=O) groups excluding carboxylic acids is 2. The van der Waals surface area contributed by atoms with E-state index in [0.29, 0.717) is 33.8 Å². The number of rotatable bonds is 12. The number of anilines is 1. The molecule has 1 aliphatic rings. The molecule has 10 heteroatoms. The minimum atomic E-state index is -0.990. The molecule has 0 aliphatic carbocycles. The second-order valence-corrected chi connectivity index (χ2v) is 12.9. The molecule has 1 N–H and O–H groups in total. The van der Waals surface area contributed by atoms with Crippen molar-refractivity contribution in [2.75, 3.05) is 12.0 Å². The zero-order chi connectivity index (χ0) is 32.8. The Kier molecular flexibility index (Phi) is 9.80. The summed E-state index contributed by atoms with van der Waals surface area (Å²) in [5.74, 6) is -0.298. The molecular formula is C37H31N3O5S2. The van der Waals surface area contributed by atoms with Crippen LogP contribution in [0.5, 0.6) is 11.5 Å². The van der Waals surface area contributed by atoms with E-state index in [2.05, 4.69) is 34.5 Å². The third kappa shape index (κ3) is 7.29. The molecule has 1 atom stereocenters. The Labute approximate surface area is 281 Å². The maximum absolute atomic E-state index is 13.7. The Balaban J connectivity index is 1.33. The molecule has 2 heterocycles. The van der Waals surface area contributed by atoms with E-state index in [1.807, 2.05) is 67.6 Å². The number of aryl methyl sites for hydroxylation is 1. The van der Waals surface area contributed by atoms with Crippen molar-refractivity contribution in [1.82, 2.24) is 10.2 Å². The van der Waals surface area contributed by atoms with Crippen LogP contribution in [-0.4, -0.2) is 34.1 Å². The topological polar surface area (TPSA) is 102 Å². The molecule has 1 unspecified atom stereocenters. The number of hydrogen-bond donors (Lipinski definition) is 1. The smallest absolute Gasteiger partial charge is 0.296 e. The van der Waals surface area contributed by atoms with E-state index in [1.165, 1.54) is 46.7 Å². The Hall–Kier alpha value is -5.19. The van der Waals surface area contributed by atoms with Crippen LogP contribution in [0.2, 0.25) is 0 Å². The second kappa shape index (κ2) is 14.5. The van der Waals surface area contributed by atoms with Gasteiger partial charge in [0.25, 0.3) is 5.91 Å². The van der Waals surface area contributed by atoms with Crippen LogP contribution < -0.4 is 14.4 Å². The molecule has 1 aliphatic heterocycles. The lowest BCUT2D eigenvalue weighted by molar-refractivity contribution is -0.117. The highest BCUT2D eigenvalue weighted by Crippen LogP contribution is 2.45. The molecule has 0 fully saturated rings. The van der Waals surface area contributed by atoms with Gasteiger partial charge in [-0.05, 0) is 47.4 Å². The first-order valence-corrected chi connectivity index (χ1v) is 16.6. The van der Waals surface area contributed by atoms with Crippen molar-refractivity contribution in [3.8, 4) is 11.5 Å². The summed E-state index contributed by atoms with van der Waals surface area (Å²) in [4.78, 5) is 28.8. The van der Waals surface area contributed by atoms with Crippen molar-refractivity contribution in [1.29, 1.82) is 0 Å². The van der Waals surface area contributed by atoms with E-state index >= 15 is 0 Å². The van der Waals surface area contributed by atoms with Gasteiger partial charge in [-0.15, -0.1) is 10.2 Å². The molecule has 236 valence electrons. The largest absolute Gasteiger partial charge is 0.503 e. The lowest BCUT2D eigenvalue weighted by Gasteiger charge is -2.24. The summed E-state index contributed by atoms with van der Waals surface area (Å²) in [5, 5.41) is 20.1. The number of thioether (sulfide) groups is 1. The predicted octanol–water partition coefficient (Wildman–Crippen LogP) is 7.91. The lowest BCUT2D eigenvalue weighted by atomic mass is 9.95. The first kappa shape index (κ1) is 31.8. The maximum atomic E-state index is 13.7. The summed E-state index contributed by atoms with van der Waals surface area (Å²) >= 11 is 2.72. The van der Waals surface area contributed by atoms with Crippen LogP contribution in [-0.2, 0) is 21.9 Å². The summed E-state index contributed by atoms with van der Waals surface area (Å²) in [6.45, 7) is 2.37. The minimum absolute atomic E-state index is 0.0637. The highest BCUT2D eigenvalue weighted by Gasteiger charge is 2.45. The molecule has 47 heavy (non-hydrogen) atoms. The van der Waals surface area contributed by atoms with E-state index < -0.39 is 23.5 Å². The number of aliphatic hydroxyl groups excluding tert-OH is 1. The first-order valence-electron chi connectivity index (χ1n) is 14.8. The predicted molar refractivity (Wildman–Crippen MR) is 185 cm³/mol. The van der Waals surface area contributed by atoms with Crippen LogP contribution in [0.4, 0.5) is 5.13 Å². The van der Waals surface area contributed by atoms with Crippen molar-refractivity contribution in [2.45, 2.75) is 29.7 Å². The fourth-order valence-electron chi connectivity index (χ4n) is 5.09. The van der Waals surface area contributed by atoms with Gasteiger partial charge in [0.15, 0.2) is 27.4 Å². The van der Waals surface area contributed by atoms with Gasteiger partial charge in [0, 0.05) is 5.75 Å². The van der Waals surface area contributed by atoms with Gasteiger partial charge in [-0.25, -0.2) is 0 Å². The van der Waals surface area contributed by atoms with Crippen molar-refractivity contribution in [3.05, 3.63) is 148 Å². The summed E-state index contributed by atoms with van der Waals surface area (Å²) in [7, 11) is 1.52. The van der Waals surface area contributed by atoms with Gasteiger partial charge in [0.2, 0.25) is 5.13 Å². The summed E-state index contributed by atoms with van der Waals surface area (Å²) in [6.07, 6.45) is 3.01. The zero-order valence-electron chi connectivity index (χ0n) is 25.7. The van der Waals surface area contributed by atoms with Crippen LogP contribution >= 0.6 is 23.1 Å². The van der Waals surface area contributed by atoms with Gasteiger partial charge in [0.05, 0.1) is 18.7 Å². The van der Waals surface area contributed by atoms with Gasteiger partial charge in [-0.3, -0.25) is 14.5 Å². The SMILES string of the molecule is COc1cc(C2C(C(=O)/C=C/c3ccccc3)=C(O)C(=O)N2c2nnc(SCc3ccc(C)cc3)s2)ccc1OCc1ccccc1. The van der Waals surface area contributed by atoms with Crippen molar-refractivity contribution in [2.24, 2.45) is 0 Å². The number of hydrogen-bond acceptors (Lipinski definition) is 9. The molecular weight excluding hydrogens is 631 g/mol. The first-order chi connectivity index (χ1) is 22.9. The van der Waals surface area contributed by atoms with Crippen LogP contribution in [0.15, 0.2) is 125 Å². The fraction of sp³-hybridized carbons (Fsp3) is 0.135. The number of aliphatic hydroxyl groups is 1. The van der Waals surface area contributed by atoms with E-state index in [9.17, 15) is 14.7 Å². The highest BCUT2D eigenvalue weighted by atomic mass is 32.2. The number of methoxy groups -OCH3 is 1. The quantitative estimate of drug-likeness (QED) is 0.0818. The lowest BCUT2D eigenvalue weighted by Crippen LogP contribution is -2.30. The third-order valence-electron chi connectivity index (χ3n) is 7.53. The minimum Gasteiger partial charge on any atom is -0.503 e. The second-order valence-electron chi connectivity index (χ2n) is 10.8. The van der Waals surface area contributed by atoms with Crippen LogP contribution in [0.25, 0.3) is 6.08 Å². The third-order valence-corrected chi connectivity index (χ3v) is 9.65. The van der Waals surface area contributed by atoms with Gasteiger partial charge >= 0.3 is 0 Å². The molecule has 1 amide bonds. The normalized spacial score (nSPS) is 14.6. The summed E-state index contributed by atoms with van der Waals surface area (Å²) in [6, 6.07) is 31.5. The Morgan fingerprint density at radius 3 is 2.38 bits per heavy atom. The van der Waals surface area contributed by atoms with Crippen molar-refractivity contribution < 1.29 is 24.2 Å². The molecule has 5 aromatic rings. The average molecular weight is 662 g/mol.